The Morgan fingerprint density at radius 2 is 1.77 bits per heavy atom. The van der Waals surface area contributed by atoms with Crippen LogP contribution in [0.1, 0.15) is 13.8 Å². The highest BCUT2D eigenvalue weighted by Gasteiger charge is 2.05. The second-order valence-electron chi connectivity index (χ2n) is 5.01. The Morgan fingerprint density at radius 1 is 1.14 bits per heavy atom. The average molecular weight is 329 g/mol. The predicted octanol–water partition coefficient (Wildman–Crippen LogP) is 2.22. The van der Waals surface area contributed by atoms with Crippen molar-refractivity contribution < 1.29 is 19.1 Å². The SMILES string of the molecule is CC(C)COC(=O)NCCNC(=O)COc1ccc(Cl)cc1. The topological polar surface area (TPSA) is 76.7 Å². The van der Waals surface area contributed by atoms with Gasteiger partial charge < -0.3 is 20.1 Å². The molecular formula is C15H21ClN2O4. The van der Waals surface area contributed by atoms with Gasteiger partial charge in [0.1, 0.15) is 5.75 Å². The molecule has 0 aliphatic rings. The van der Waals surface area contributed by atoms with E-state index in [0.717, 1.165) is 0 Å². The molecule has 122 valence electrons. The van der Waals surface area contributed by atoms with Crippen molar-refractivity contribution in [3.63, 3.8) is 0 Å². The molecule has 0 bridgehead atoms. The molecule has 0 saturated carbocycles. The van der Waals surface area contributed by atoms with Crippen molar-refractivity contribution in [2.45, 2.75) is 13.8 Å². The molecule has 1 rings (SSSR count). The molecule has 0 fully saturated rings. The highest BCUT2D eigenvalue weighted by molar-refractivity contribution is 6.30. The van der Waals surface area contributed by atoms with Crippen molar-refractivity contribution in [3.05, 3.63) is 29.3 Å². The van der Waals surface area contributed by atoms with E-state index >= 15 is 0 Å². The number of carbonyl (C=O) groups excluding carboxylic acids is 2. The van der Waals surface area contributed by atoms with Crippen LogP contribution in [0.5, 0.6) is 5.75 Å². The Hall–Kier alpha value is -1.95. The first-order valence-corrected chi connectivity index (χ1v) is 7.41. The minimum atomic E-state index is -0.486. The van der Waals surface area contributed by atoms with Gasteiger partial charge in [-0.05, 0) is 30.2 Å². The Balaban J connectivity index is 2.08. The molecule has 2 amide bonds. The van der Waals surface area contributed by atoms with E-state index in [0.29, 0.717) is 30.5 Å². The van der Waals surface area contributed by atoms with Gasteiger partial charge in [0, 0.05) is 18.1 Å². The third-order valence-electron chi connectivity index (χ3n) is 2.45. The summed E-state index contributed by atoms with van der Waals surface area (Å²) in [5, 5.41) is 5.77. The summed E-state index contributed by atoms with van der Waals surface area (Å²) < 4.78 is 10.2. The lowest BCUT2D eigenvalue weighted by Crippen LogP contribution is -2.37. The summed E-state index contributed by atoms with van der Waals surface area (Å²) >= 11 is 5.74. The summed E-state index contributed by atoms with van der Waals surface area (Å²) in [5.41, 5.74) is 0. The lowest BCUT2D eigenvalue weighted by atomic mass is 10.2. The van der Waals surface area contributed by atoms with Crippen LogP contribution in [0.25, 0.3) is 0 Å². The smallest absolute Gasteiger partial charge is 0.407 e. The molecule has 0 atom stereocenters. The Bertz CT molecular complexity index is 477. The zero-order chi connectivity index (χ0) is 16.4. The van der Waals surface area contributed by atoms with Gasteiger partial charge >= 0.3 is 6.09 Å². The van der Waals surface area contributed by atoms with Crippen LogP contribution in [0.2, 0.25) is 5.02 Å². The zero-order valence-electron chi connectivity index (χ0n) is 12.7. The van der Waals surface area contributed by atoms with Crippen molar-refractivity contribution >= 4 is 23.6 Å². The van der Waals surface area contributed by atoms with Crippen molar-refractivity contribution in [2.24, 2.45) is 5.92 Å². The van der Waals surface area contributed by atoms with E-state index in [1.807, 2.05) is 13.8 Å². The molecule has 0 heterocycles. The summed E-state index contributed by atoms with van der Waals surface area (Å²) in [5.74, 6) is 0.581. The molecule has 1 aromatic rings. The van der Waals surface area contributed by atoms with E-state index in [9.17, 15) is 9.59 Å². The second-order valence-corrected chi connectivity index (χ2v) is 5.45. The Kier molecular flexibility index (Phi) is 8.14. The number of rotatable bonds is 8. The first-order valence-electron chi connectivity index (χ1n) is 7.03. The van der Waals surface area contributed by atoms with Crippen LogP contribution in [0, 0.1) is 5.92 Å². The first-order chi connectivity index (χ1) is 10.5. The lowest BCUT2D eigenvalue weighted by molar-refractivity contribution is -0.123. The van der Waals surface area contributed by atoms with Gasteiger partial charge in [-0.25, -0.2) is 4.79 Å². The number of nitrogens with one attached hydrogen (secondary N) is 2. The van der Waals surface area contributed by atoms with Crippen molar-refractivity contribution in [2.75, 3.05) is 26.3 Å². The molecule has 0 aliphatic carbocycles. The van der Waals surface area contributed by atoms with Crippen LogP contribution in [0.3, 0.4) is 0 Å². The largest absolute Gasteiger partial charge is 0.484 e. The minimum absolute atomic E-state index is 0.0978. The number of alkyl carbamates (subject to hydrolysis) is 1. The third-order valence-corrected chi connectivity index (χ3v) is 2.70. The number of ether oxygens (including phenoxy) is 2. The minimum Gasteiger partial charge on any atom is -0.484 e. The van der Waals surface area contributed by atoms with Crippen molar-refractivity contribution in [1.29, 1.82) is 0 Å². The molecule has 0 unspecified atom stereocenters. The molecule has 22 heavy (non-hydrogen) atoms. The number of amides is 2. The molecule has 6 nitrogen and oxygen atoms in total. The van der Waals surface area contributed by atoms with E-state index in [1.165, 1.54) is 0 Å². The molecule has 7 heteroatoms. The van der Waals surface area contributed by atoms with Gasteiger partial charge in [-0.3, -0.25) is 4.79 Å². The molecular weight excluding hydrogens is 308 g/mol. The highest BCUT2D eigenvalue weighted by atomic mass is 35.5. The number of benzene rings is 1. The summed E-state index contributed by atoms with van der Waals surface area (Å²) in [6.45, 7) is 4.78. The predicted molar refractivity (Wildman–Crippen MR) is 84.1 cm³/mol. The summed E-state index contributed by atoms with van der Waals surface area (Å²) in [4.78, 5) is 22.8. The maximum absolute atomic E-state index is 11.5. The third kappa shape index (κ3) is 8.36. The number of hydrogen-bond acceptors (Lipinski definition) is 4. The van der Waals surface area contributed by atoms with Crippen molar-refractivity contribution in [3.8, 4) is 5.75 Å². The van der Waals surface area contributed by atoms with Crippen LogP contribution in [0.4, 0.5) is 4.79 Å². The zero-order valence-corrected chi connectivity index (χ0v) is 13.5. The molecule has 0 spiro atoms. The van der Waals surface area contributed by atoms with E-state index in [-0.39, 0.29) is 18.4 Å². The number of halogens is 1. The van der Waals surface area contributed by atoms with Crippen LogP contribution < -0.4 is 15.4 Å². The van der Waals surface area contributed by atoms with Crippen LogP contribution >= 0.6 is 11.6 Å². The summed E-state index contributed by atoms with van der Waals surface area (Å²) in [6.07, 6.45) is -0.486. The molecule has 0 aromatic heterocycles. The van der Waals surface area contributed by atoms with E-state index in [2.05, 4.69) is 10.6 Å². The van der Waals surface area contributed by atoms with Gasteiger partial charge in [0.05, 0.1) is 6.61 Å². The number of hydrogen-bond donors (Lipinski definition) is 2. The maximum atomic E-state index is 11.5. The van der Waals surface area contributed by atoms with E-state index in [1.54, 1.807) is 24.3 Å². The summed E-state index contributed by atoms with van der Waals surface area (Å²) in [6, 6.07) is 6.73. The van der Waals surface area contributed by atoms with Crippen LogP contribution in [-0.4, -0.2) is 38.3 Å². The molecule has 0 saturated heterocycles. The highest BCUT2D eigenvalue weighted by Crippen LogP contribution is 2.15. The van der Waals surface area contributed by atoms with Crippen LogP contribution in [-0.2, 0) is 9.53 Å². The van der Waals surface area contributed by atoms with Gasteiger partial charge in [0.2, 0.25) is 0 Å². The fourth-order valence-corrected chi connectivity index (χ4v) is 1.52. The molecule has 0 aliphatic heterocycles. The van der Waals surface area contributed by atoms with E-state index < -0.39 is 6.09 Å². The number of carbonyl (C=O) groups is 2. The van der Waals surface area contributed by atoms with Gasteiger partial charge in [-0.15, -0.1) is 0 Å². The molecule has 2 N–H and O–H groups in total. The maximum Gasteiger partial charge on any atom is 0.407 e. The molecule has 0 radical (unpaired) electrons. The van der Waals surface area contributed by atoms with Gasteiger partial charge in [0.15, 0.2) is 6.61 Å². The van der Waals surface area contributed by atoms with Crippen molar-refractivity contribution in [1.82, 2.24) is 10.6 Å². The normalized spacial score (nSPS) is 10.2. The standard InChI is InChI=1S/C15H21ClN2O4/c1-11(2)9-22-15(20)18-8-7-17-14(19)10-21-13-5-3-12(16)4-6-13/h3-6,11H,7-10H2,1-2H3,(H,17,19)(H,18,20). The first kappa shape index (κ1) is 18.1. The Labute approximate surface area is 135 Å². The summed E-state index contributed by atoms with van der Waals surface area (Å²) in [7, 11) is 0. The molecule has 1 aromatic carbocycles. The Morgan fingerprint density at radius 3 is 2.41 bits per heavy atom. The average Bonchev–Trinajstić information content (AvgIpc) is 2.49. The monoisotopic (exact) mass is 328 g/mol. The van der Waals surface area contributed by atoms with Gasteiger partial charge in [-0.2, -0.15) is 0 Å². The fraction of sp³-hybridized carbons (Fsp3) is 0.467. The second kappa shape index (κ2) is 9.89. The van der Waals surface area contributed by atoms with Gasteiger partial charge in [-0.1, -0.05) is 25.4 Å². The van der Waals surface area contributed by atoms with Crippen LogP contribution in [0.15, 0.2) is 24.3 Å². The fourth-order valence-electron chi connectivity index (χ4n) is 1.39. The van der Waals surface area contributed by atoms with Gasteiger partial charge in [0.25, 0.3) is 5.91 Å². The van der Waals surface area contributed by atoms with E-state index in [4.69, 9.17) is 21.1 Å². The lowest BCUT2D eigenvalue weighted by Gasteiger charge is -2.10. The quantitative estimate of drug-likeness (QED) is 0.717.